The zero-order chi connectivity index (χ0) is 17.9. The number of nitrogens with one attached hydrogen (secondary N) is 2. The van der Waals surface area contributed by atoms with Crippen LogP contribution in [0.2, 0.25) is 0 Å². The second-order valence-corrected chi connectivity index (χ2v) is 6.18. The number of hydrogen-bond donors (Lipinski definition) is 2. The Morgan fingerprint density at radius 1 is 1.32 bits per heavy atom. The predicted octanol–water partition coefficient (Wildman–Crippen LogP) is 1.22. The Morgan fingerprint density at radius 2 is 2.08 bits per heavy atom. The molecule has 2 fully saturated rings. The molecule has 1 aromatic rings. The van der Waals surface area contributed by atoms with Gasteiger partial charge in [0.1, 0.15) is 11.3 Å². The lowest BCUT2D eigenvalue weighted by Gasteiger charge is -2.30. The molecule has 8 nitrogen and oxygen atoms in total. The van der Waals surface area contributed by atoms with Crippen LogP contribution in [0.5, 0.6) is 5.75 Å². The van der Waals surface area contributed by atoms with Crippen LogP contribution in [0.4, 0.5) is 4.79 Å². The number of ether oxygens (including phenoxy) is 1. The van der Waals surface area contributed by atoms with Crippen LogP contribution in [0, 0.1) is 11.3 Å². The zero-order valence-corrected chi connectivity index (χ0v) is 13.6. The molecule has 0 unspecified atom stereocenters. The van der Waals surface area contributed by atoms with Gasteiger partial charge in [0.2, 0.25) is 0 Å². The number of hydrazine groups is 1. The van der Waals surface area contributed by atoms with Crippen molar-refractivity contribution in [3.63, 3.8) is 0 Å². The van der Waals surface area contributed by atoms with Crippen molar-refractivity contribution in [2.24, 2.45) is 0 Å². The van der Waals surface area contributed by atoms with Crippen LogP contribution in [0.3, 0.4) is 0 Å². The molecule has 2 aliphatic rings. The van der Waals surface area contributed by atoms with Crippen molar-refractivity contribution < 1.29 is 19.1 Å². The van der Waals surface area contributed by atoms with Crippen molar-refractivity contribution in [2.45, 2.75) is 37.6 Å². The third-order valence-electron chi connectivity index (χ3n) is 4.44. The number of rotatable bonds is 4. The first-order valence-electron chi connectivity index (χ1n) is 8.13. The standard InChI is InChI=1S/C17H18N4O4/c18-10-12-5-4-6-13(9-12)25-11-14(22)20-21-15(23)17(19-16(21)24)7-2-1-3-8-17/h4-6,9H,1-3,7-8,11H2,(H,19,24)(H,20,22). The molecule has 1 spiro atoms. The number of benzene rings is 1. The van der Waals surface area contributed by atoms with Gasteiger partial charge in [-0.2, -0.15) is 10.3 Å². The number of urea groups is 1. The molecule has 1 heterocycles. The van der Waals surface area contributed by atoms with Gasteiger partial charge in [-0.25, -0.2) is 4.79 Å². The maximum atomic E-state index is 12.5. The van der Waals surface area contributed by atoms with Gasteiger partial charge in [-0.05, 0) is 31.0 Å². The molecule has 1 aliphatic heterocycles. The van der Waals surface area contributed by atoms with Crippen molar-refractivity contribution in [1.29, 1.82) is 5.26 Å². The average molecular weight is 342 g/mol. The fourth-order valence-electron chi connectivity index (χ4n) is 3.18. The summed E-state index contributed by atoms with van der Waals surface area (Å²) in [4.78, 5) is 36.6. The molecular weight excluding hydrogens is 324 g/mol. The zero-order valence-electron chi connectivity index (χ0n) is 13.6. The van der Waals surface area contributed by atoms with Gasteiger partial charge in [-0.15, -0.1) is 0 Å². The van der Waals surface area contributed by atoms with Gasteiger partial charge >= 0.3 is 6.03 Å². The van der Waals surface area contributed by atoms with Crippen molar-refractivity contribution in [2.75, 3.05) is 6.61 Å². The first-order chi connectivity index (χ1) is 12.0. The lowest BCUT2D eigenvalue weighted by molar-refractivity contribution is -0.140. The van der Waals surface area contributed by atoms with Gasteiger partial charge < -0.3 is 10.1 Å². The van der Waals surface area contributed by atoms with E-state index in [2.05, 4.69) is 10.7 Å². The van der Waals surface area contributed by atoms with Crippen LogP contribution < -0.4 is 15.5 Å². The van der Waals surface area contributed by atoms with Crippen molar-refractivity contribution in [3.05, 3.63) is 29.8 Å². The SMILES string of the molecule is N#Cc1cccc(OCC(=O)NN2C(=O)NC3(CCCCC3)C2=O)c1. The highest BCUT2D eigenvalue weighted by atomic mass is 16.5. The largest absolute Gasteiger partial charge is 0.484 e. The Morgan fingerprint density at radius 3 is 2.80 bits per heavy atom. The van der Waals surface area contributed by atoms with E-state index in [9.17, 15) is 14.4 Å². The highest BCUT2D eigenvalue weighted by molar-refractivity contribution is 6.08. The third kappa shape index (κ3) is 3.40. The van der Waals surface area contributed by atoms with Gasteiger partial charge in [0.05, 0.1) is 11.6 Å². The smallest absolute Gasteiger partial charge is 0.344 e. The number of carbonyl (C=O) groups is 3. The number of carbonyl (C=O) groups excluding carboxylic acids is 3. The number of hydrogen-bond acceptors (Lipinski definition) is 5. The Labute approximate surface area is 144 Å². The Kier molecular flexibility index (Phi) is 4.57. The first-order valence-corrected chi connectivity index (χ1v) is 8.13. The predicted molar refractivity (Wildman–Crippen MR) is 86.0 cm³/mol. The minimum Gasteiger partial charge on any atom is -0.484 e. The van der Waals surface area contributed by atoms with Crippen LogP contribution >= 0.6 is 0 Å². The monoisotopic (exact) mass is 342 g/mol. The number of nitrogens with zero attached hydrogens (tertiary/aromatic N) is 2. The summed E-state index contributed by atoms with van der Waals surface area (Å²) in [6.07, 6.45) is 3.94. The van der Waals surface area contributed by atoms with E-state index in [4.69, 9.17) is 10.00 Å². The highest BCUT2D eigenvalue weighted by Crippen LogP contribution is 2.32. The molecule has 0 aromatic heterocycles. The number of amides is 4. The molecular formula is C17H18N4O4. The molecule has 8 heteroatoms. The first kappa shape index (κ1) is 16.8. The second kappa shape index (κ2) is 6.81. The molecule has 130 valence electrons. The summed E-state index contributed by atoms with van der Waals surface area (Å²) in [7, 11) is 0. The van der Waals surface area contributed by atoms with Crippen LogP contribution in [0.15, 0.2) is 24.3 Å². The van der Waals surface area contributed by atoms with Gasteiger partial charge in [0, 0.05) is 0 Å². The van der Waals surface area contributed by atoms with Crippen LogP contribution in [0.1, 0.15) is 37.7 Å². The molecule has 0 atom stereocenters. The molecule has 0 bridgehead atoms. The molecule has 25 heavy (non-hydrogen) atoms. The summed E-state index contributed by atoms with van der Waals surface area (Å²) in [6.45, 7) is -0.376. The minimum atomic E-state index is -0.884. The molecule has 2 N–H and O–H groups in total. The van der Waals surface area contributed by atoms with Gasteiger partial charge in [0.25, 0.3) is 11.8 Å². The van der Waals surface area contributed by atoms with E-state index in [-0.39, 0.29) is 6.61 Å². The van der Waals surface area contributed by atoms with Gasteiger partial charge in [-0.3, -0.25) is 15.0 Å². The van der Waals surface area contributed by atoms with E-state index in [1.54, 1.807) is 18.2 Å². The maximum absolute atomic E-state index is 12.5. The topological polar surface area (TPSA) is 112 Å². The maximum Gasteiger partial charge on any atom is 0.344 e. The summed E-state index contributed by atoms with van der Waals surface area (Å²) in [5.74, 6) is -0.689. The summed E-state index contributed by atoms with van der Waals surface area (Å²) in [6, 6.07) is 7.71. The lowest BCUT2D eigenvalue weighted by Crippen LogP contribution is -2.51. The van der Waals surface area contributed by atoms with E-state index >= 15 is 0 Å². The van der Waals surface area contributed by atoms with Crippen molar-refractivity contribution in [1.82, 2.24) is 15.8 Å². The van der Waals surface area contributed by atoms with Crippen molar-refractivity contribution >= 4 is 17.8 Å². The minimum absolute atomic E-state index is 0.357. The normalized spacial score (nSPS) is 18.6. The molecule has 1 aliphatic carbocycles. The Balaban J connectivity index is 1.58. The lowest BCUT2D eigenvalue weighted by atomic mass is 9.82. The molecule has 1 saturated heterocycles. The molecule has 3 rings (SSSR count). The molecule has 1 saturated carbocycles. The van der Waals surface area contributed by atoms with Crippen LogP contribution in [0.25, 0.3) is 0 Å². The average Bonchev–Trinajstić information content (AvgIpc) is 2.85. The fourth-order valence-corrected chi connectivity index (χ4v) is 3.18. The van der Waals surface area contributed by atoms with Gasteiger partial charge in [0.15, 0.2) is 6.61 Å². The number of imide groups is 1. The van der Waals surface area contributed by atoms with E-state index in [1.165, 1.54) is 6.07 Å². The summed E-state index contributed by atoms with van der Waals surface area (Å²) >= 11 is 0. The summed E-state index contributed by atoms with van der Waals surface area (Å²) in [5, 5.41) is 12.3. The van der Waals surface area contributed by atoms with Gasteiger partial charge in [-0.1, -0.05) is 25.3 Å². The van der Waals surface area contributed by atoms with E-state index < -0.39 is 23.4 Å². The quantitative estimate of drug-likeness (QED) is 0.799. The Bertz CT molecular complexity index is 749. The van der Waals surface area contributed by atoms with Crippen LogP contribution in [-0.2, 0) is 9.59 Å². The molecule has 4 amide bonds. The summed E-state index contributed by atoms with van der Waals surface area (Å²) in [5.41, 5.74) is 1.82. The van der Waals surface area contributed by atoms with Crippen LogP contribution in [-0.4, -0.2) is 35.0 Å². The van der Waals surface area contributed by atoms with Crippen molar-refractivity contribution in [3.8, 4) is 11.8 Å². The van der Waals surface area contributed by atoms with E-state index in [1.807, 2.05) is 6.07 Å². The van der Waals surface area contributed by atoms with E-state index in [0.717, 1.165) is 24.3 Å². The summed E-state index contributed by atoms with van der Waals surface area (Å²) < 4.78 is 5.30. The Hall–Kier alpha value is -3.08. The fraction of sp³-hybridized carbons (Fsp3) is 0.412. The van der Waals surface area contributed by atoms with E-state index in [0.29, 0.717) is 24.2 Å². The third-order valence-corrected chi connectivity index (χ3v) is 4.44. The molecule has 0 radical (unpaired) electrons. The molecule has 1 aromatic carbocycles. The number of nitriles is 1. The highest BCUT2D eigenvalue weighted by Gasteiger charge is 2.52. The second-order valence-electron chi connectivity index (χ2n) is 6.18.